The number of hydrogen-bond donors (Lipinski definition) is 0. The minimum Gasteiger partial charge on any atom is -0.490 e. The molecule has 26 heavy (non-hydrogen) atoms. The van der Waals surface area contributed by atoms with Crippen molar-refractivity contribution in [1.29, 1.82) is 0 Å². The third kappa shape index (κ3) is 4.26. The molecule has 0 aliphatic rings. The van der Waals surface area contributed by atoms with Crippen molar-refractivity contribution < 1.29 is 9.47 Å². The molecule has 0 fully saturated rings. The van der Waals surface area contributed by atoms with Gasteiger partial charge in [0, 0.05) is 5.56 Å². The fraction of sp³-hybridized carbons (Fsp3) is 0.250. The molecule has 0 amide bonds. The molecule has 0 heterocycles. The average molecular weight is 346 g/mol. The number of para-hydroxylation sites is 1. The van der Waals surface area contributed by atoms with Crippen LogP contribution in [0.25, 0.3) is 22.3 Å². The first-order valence-corrected chi connectivity index (χ1v) is 9.38. The van der Waals surface area contributed by atoms with Crippen LogP contribution in [0.15, 0.2) is 72.8 Å². The van der Waals surface area contributed by atoms with Crippen LogP contribution in [-0.2, 0) is 0 Å². The maximum atomic E-state index is 6.06. The van der Waals surface area contributed by atoms with Gasteiger partial charge in [-0.1, -0.05) is 80.6 Å². The van der Waals surface area contributed by atoms with Gasteiger partial charge in [-0.05, 0) is 35.6 Å². The predicted octanol–water partition coefficient (Wildman–Crippen LogP) is 6.60. The lowest BCUT2D eigenvalue weighted by atomic mass is 9.99. The highest BCUT2D eigenvalue weighted by Crippen LogP contribution is 2.39. The third-order valence-corrected chi connectivity index (χ3v) is 4.19. The van der Waals surface area contributed by atoms with E-state index in [2.05, 4.69) is 68.4 Å². The third-order valence-electron chi connectivity index (χ3n) is 4.19. The van der Waals surface area contributed by atoms with Gasteiger partial charge in [-0.2, -0.15) is 0 Å². The molecule has 3 aromatic carbocycles. The first-order valence-electron chi connectivity index (χ1n) is 9.38. The Kier molecular flexibility index (Phi) is 6.32. The Labute approximate surface area is 156 Å². The molecule has 3 aromatic rings. The molecule has 2 heteroatoms. The van der Waals surface area contributed by atoms with Gasteiger partial charge in [0.1, 0.15) is 0 Å². The summed E-state index contributed by atoms with van der Waals surface area (Å²) in [6.07, 6.45) is 1.94. The predicted molar refractivity (Wildman–Crippen MR) is 109 cm³/mol. The maximum Gasteiger partial charge on any atom is 0.168 e. The lowest BCUT2D eigenvalue weighted by Crippen LogP contribution is -2.02. The molecule has 0 aromatic heterocycles. The molecule has 0 spiro atoms. The van der Waals surface area contributed by atoms with Gasteiger partial charge in [0.2, 0.25) is 0 Å². The zero-order valence-electron chi connectivity index (χ0n) is 15.6. The highest BCUT2D eigenvalue weighted by Gasteiger charge is 2.13. The summed E-state index contributed by atoms with van der Waals surface area (Å²) in [7, 11) is 0. The Hall–Kier alpha value is -2.74. The number of hydrogen-bond acceptors (Lipinski definition) is 2. The fourth-order valence-electron chi connectivity index (χ4n) is 2.89. The number of ether oxygens (including phenoxy) is 2. The SMILES string of the molecule is CCCOc1cccc(-c2ccc(-c3ccccc3)cc2)c1OCCC. The maximum absolute atomic E-state index is 6.06. The summed E-state index contributed by atoms with van der Waals surface area (Å²) >= 11 is 0. The van der Waals surface area contributed by atoms with Gasteiger partial charge >= 0.3 is 0 Å². The van der Waals surface area contributed by atoms with Gasteiger partial charge in [-0.3, -0.25) is 0 Å². The van der Waals surface area contributed by atoms with Gasteiger partial charge in [0.15, 0.2) is 11.5 Å². The Morgan fingerprint density at radius 3 is 1.88 bits per heavy atom. The van der Waals surface area contributed by atoms with E-state index >= 15 is 0 Å². The molecule has 3 rings (SSSR count). The van der Waals surface area contributed by atoms with Crippen molar-refractivity contribution in [2.24, 2.45) is 0 Å². The van der Waals surface area contributed by atoms with Crippen molar-refractivity contribution in [2.45, 2.75) is 26.7 Å². The highest BCUT2D eigenvalue weighted by atomic mass is 16.5. The molecule has 0 atom stereocenters. The van der Waals surface area contributed by atoms with Crippen molar-refractivity contribution in [1.82, 2.24) is 0 Å². The van der Waals surface area contributed by atoms with E-state index in [9.17, 15) is 0 Å². The summed E-state index contributed by atoms with van der Waals surface area (Å²) in [5.74, 6) is 1.67. The van der Waals surface area contributed by atoms with E-state index < -0.39 is 0 Å². The highest BCUT2D eigenvalue weighted by molar-refractivity contribution is 5.76. The van der Waals surface area contributed by atoms with Gasteiger partial charge in [0.25, 0.3) is 0 Å². The van der Waals surface area contributed by atoms with Gasteiger partial charge < -0.3 is 9.47 Å². The zero-order valence-corrected chi connectivity index (χ0v) is 15.6. The largest absolute Gasteiger partial charge is 0.490 e. The molecule has 0 bridgehead atoms. The summed E-state index contributed by atoms with van der Waals surface area (Å²) < 4.78 is 12.0. The minimum absolute atomic E-state index is 0.682. The molecule has 0 saturated heterocycles. The van der Waals surface area contributed by atoms with Gasteiger partial charge in [0.05, 0.1) is 13.2 Å². The standard InChI is InChI=1S/C24H26O2/c1-3-17-25-23-12-8-11-22(24(23)26-18-4-2)21-15-13-20(14-16-21)19-9-6-5-7-10-19/h5-16H,3-4,17-18H2,1-2H3. The van der Waals surface area contributed by atoms with Crippen molar-refractivity contribution in [2.75, 3.05) is 13.2 Å². The van der Waals surface area contributed by atoms with E-state index in [4.69, 9.17) is 9.47 Å². The molecule has 0 aliphatic carbocycles. The molecule has 0 radical (unpaired) electrons. The van der Waals surface area contributed by atoms with Gasteiger partial charge in [-0.15, -0.1) is 0 Å². The molecular formula is C24H26O2. The normalized spacial score (nSPS) is 10.5. The van der Waals surface area contributed by atoms with E-state index in [1.807, 2.05) is 18.2 Å². The smallest absolute Gasteiger partial charge is 0.168 e. The quantitative estimate of drug-likeness (QED) is 0.457. The molecule has 134 valence electrons. The van der Waals surface area contributed by atoms with Gasteiger partial charge in [-0.25, -0.2) is 0 Å². The van der Waals surface area contributed by atoms with Crippen molar-refractivity contribution >= 4 is 0 Å². The second-order valence-corrected chi connectivity index (χ2v) is 6.27. The minimum atomic E-state index is 0.682. The summed E-state index contributed by atoms with van der Waals surface area (Å²) in [5, 5.41) is 0. The first-order chi connectivity index (χ1) is 12.8. The van der Waals surface area contributed by atoms with Crippen LogP contribution in [0.4, 0.5) is 0 Å². The van der Waals surface area contributed by atoms with E-state index in [-0.39, 0.29) is 0 Å². The molecule has 0 saturated carbocycles. The van der Waals surface area contributed by atoms with Crippen LogP contribution in [-0.4, -0.2) is 13.2 Å². The molecule has 2 nitrogen and oxygen atoms in total. The van der Waals surface area contributed by atoms with Crippen molar-refractivity contribution in [3.05, 3.63) is 72.8 Å². The van der Waals surface area contributed by atoms with Crippen LogP contribution in [0, 0.1) is 0 Å². The molecule has 0 aliphatic heterocycles. The summed E-state index contributed by atoms with van der Waals surface area (Å²) in [5.41, 5.74) is 4.65. The van der Waals surface area contributed by atoms with Crippen LogP contribution in [0.5, 0.6) is 11.5 Å². The summed E-state index contributed by atoms with van der Waals surface area (Å²) in [4.78, 5) is 0. The second kappa shape index (κ2) is 9.10. The molecule has 0 N–H and O–H groups in total. The Morgan fingerprint density at radius 1 is 0.577 bits per heavy atom. The second-order valence-electron chi connectivity index (χ2n) is 6.27. The van der Waals surface area contributed by atoms with Crippen LogP contribution in [0.2, 0.25) is 0 Å². The van der Waals surface area contributed by atoms with Crippen molar-refractivity contribution in [3.8, 4) is 33.8 Å². The Morgan fingerprint density at radius 2 is 1.19 bits per heavy atom. The number of benzene rings is 3. The fourth-order valence-corrected chi connectivity index (χ4v) is 2.89. The number of rotatable bonds is 8. The van der Waals surface area contributed by atoms with E-state index in [0.717, 1.165) is 35.5 Å². The molecule has 0 unspecified atom stereocenters. The monoisotopic (exact) mass is 346 g/mol. The van der Waals surface area contributed by atoms with E-state index in [0.29, 0.717) is 13.2 Å². The van der Waals surface area contributed by atoms with E-state index in [1.165, 1.54) is 11.1 Å². The topological polar surface area (TPSA) is 18.5 Å². The first kappa shape index (κ1) is 18.1. The van der Waals surface area contributed by atoms with Crippen LogP contribution in [0.1, 0.15) is 26.7 Å². The Bertz CT molecular complexity index is 807. The van der Waals surface area contributed by atoms with E-state index in [1.54, 1.807) is 0 Å². The lowest BCUT2D eigenvalue weighted by molar-refractivity contribution is 0.269. The lowest BCUT2D eigenvalue weighted by Gasteiger charge is -2.16. The average Bonchev–Trinajstić information content (AvgIpc) is 2.71. The summed E-state index contributed by atoms with van der Waals surface area (Å²) in [6, 6.07) is 25.2. The van der Waals surface area contributed by atoms with Crippen LogP contribution in [0.3, 0.4) is 0 Å². The Balaban J connectivity index is 1.94. The van der Waals surface area contributed by atoms with Crippen LogP contribution >= 0.6 is 0 Å². The summed E-state index contributed by atoms with van der Waals surface area (Å²) in [6.45, 7) is 5.60. The zero-order chi connectivity index (χ0) is 18.2. The van der Waals surface area contributed by atoms with Crippen LogP contribution < -0.4 is 9.47 Å². The molecular weight excluding hydrogens is 320 g/mol. The van der Waals surface area contributed by atoms with Crippen molar-refractivity contribution in [3.63, 3.8) is 0 Å².